The second-order valence-corrected chi connectivity index (χ2v) is 2.29. The summed E-state index contributed by atoms with van der Waals surface area (Å²) in [5.74, 6) is -1.02. The Hall–Kier alpha value is -0.730. The highest BCUT2D eigenvalue weighted by Crippen LogP contribution is 2.23. The van der Waals surface area contributed by atoms with Crippen molar-refractivity contribution in [3.8, 4) is 0 Å². The summed E-state index contributed by atoms with van der Waals surface area (Å²) in [5, 5.41) is 0. The van der Waals surface area contributed by atoms with Crippen LogP contribution in [-0.2, 0) is 0 Å². The summed E-state index contributed by atoms with van der Waals surface area (Å²) in [4.78, 5) is 0. The Kier molecular flexibility index (Phi) is 1.83. The Morgan fingerprint density at radius 1 is 1.40 bits per heavy atom. The van der Waals surface area contributed by atoms with E-state index in [4.69, 9.17) is 0 Å². The topological polar surface area (TPSA) is 0 Å². The predicted molar refractivity (Wildman–Crippen MR) is 32.7 cm³/mol. The molecule has 56 valence electrons. The molecule has 0 saturated heterocycles. The van der Waals surface area contributed by atoms with E-state index in [9.17, 15) is 13.2 Å². The summed E-state index contributed by atoms with van der Waals surface area (Å²) in [6, 6.07) is 0. The zero-order valence-electron chi connectivity index (χ0n) is 5.44. The van der Waals surface area contributed by atoms with Crippen LogP contribution in [0.25, 0.3) is 0 Å². The predicted octanol–water partition coefficient (Wildman–Crippen LogP) is 2.48. The SMILES string of the molecule is CC1=CC(F)C(F)C(F)=C1. The zero-order chi connectivity index (χ0) is 7.72. The summed E-state index contributed by atoms with van der Waals surface area (Å²) in [6.07, 6.45) is -1.84. The molecule has 0 saturated carbocycles. The largest absolute Gasteiger partial charge is 0.239 e. The van der Waals surface area contributed by atoms with Gasteiger partial charge in [-0.25, -0.2) is 13.2 Å². The van der Waals surface area contributed by atoms with Crippen LogP contribution >= 0.6 is 0 Å². The molecule has 1 aliphatic carbocycles. The van der Waals surface area contributed by atoms with E-state index in [0.717, 1.165) is 12.2 Å². The Labute approximate surface area is 57.0 Å². The summed E-state index contributed by atoms with van der Waals surface area (Å²) >= 11 is 0. The van der Waals surface area contributed by atoms with Crippen molar-refractivity contribution < 1.29 is 13.2 Å². The molecule has 0 aromatic heterocycles. The summed E-state index contributed by atoms with van der Waals surface area (Å²) in [5.41, 5.74) is 0.430. The number of rotatable bonds is 0. The van der Waals surface area contributed by atoms with Crippen molar-refractivity contribution in [1.82, 2.24) is 0 Å². The standard InChI is InChI=1S/C7H7F3/c1-4-2-5(8)7(10)6(9)3-4/h2-3,5,7H,1H3. The van der Waals surface area contributed by atoms with Crippen molar-refractivity contribution >= 4 is 0 Å². The van der Waals surface area contributed by atoms with Crippen molar-refractivity contribution in [2.75, 3.05) is 0 Å². The van der Waals surface area contributed by atoms with Crippen LogP contribution in [-0.4, -0.2) is 12.3 Å². The lowest BCUT2D eigenvalue weighted by molar-refractivity contribution is 0.205. The van der Waals surface area contributed by atoms with Crippen molar-refractivity contribution in [2.45, 2.75) is 19.3 Å². The first-order valence-corrected chi connectivity index (χ1v) is 2.95. The zero-order valence-corrected chi connectivity index (χ0v) is 5.44. The van der Waals surface area contributed by atoms with Gasteiger partial charge in [0, 0.05) is 0 Å². The third kappa shape index (κ3) is 1.23. The fourth-order valence-electron chi connectivity index (χ4n) is 0.833. The highest BCUT2D eigenvalue weighted by Gasteiger charge is 2.26. The molecular formula is C7H7F3. The first-order valence-electron chi connectivity index (χ1n) is 2.95. The summed E-state index contributed by atoms with van der Waals surface area (Å²) in [6.45, 7) is 1.53. The molecule has 0 radical (unpaired) electrons. The van der Waals surface area contributed by atoms with Gasteiger partial charge in [0.2, 0.25) is 0 Å². The van der Waals surface area contributed by atoms with Gasteiger partial charge in [0.25, 0.3) is 0 Å². The first kappa shape index (κ1) is 7.38. The first-order chi connectivity index (χ1) is 4.61. The number of allylic oxidation sites excluding steroid dienone is 4. The fraction of sp³-hybridized carbons (Fsp3) is 0.429. The van der Waals surface area contributed by atoms with Gasteiger partial charge in [-0.05, 0) is 24.6 Å². The third-order valence-electron chi connectivity index (χ3n) is 1.33. The highest BCUT2D eigenvalue weighted by atomic mass is 19.2. The summed E-state index contributed by atoms with van der Waals surface area (Å²) in [7, 11) is 0. The van der Waals surface area contributed by atoms with Gasteiger partial charge in [-0.3, -0.25) is 0 Å². The van der Waals surface area contributed by atoms with Crippen molar-refractivity contribution in [1.29, 1.82) is 0 Å². The Morgan fingerprint density at radius 3 is 2.50 bits per heavy atom. The molecule has 0 heterocycles. The van der Waals surface area contributed by atoms with E-state index < -0.39 is 18.2 Å². The van der Waals surface area contributed by atoms with Crippen LogP contribution in [0.1, 0.15) is 6.92 Å². The Balaban J connectivity index is 2.85. The average Bonchev–Trinajstić information content (AvgIpc) is 1.82. The monoisotopic (exact) mass is 148 g/mol. The Morgan fingerprint density at radius 2 is 2.00 bits per heavy atom. The molecule has 10 heavy (non-hydrogen) atoms. The molecule has 0 spiro atoms. The van der Waals surface area contributed by atoms with Crippen LogP contribution in [0.3, 0.4) is 0 Å². The second kappa shape index (κ2) is 2.48. The lowest BCUT2D eigenvalue weighted by atomic mass is 10.0. The van der Waals surface area contributed by atoms with Gasteiger partial charge in [-0.15, -0.1) is 0 Å². The second-order valence-electron chi connectivity index (χ2n) is 2.29. The molecule has 2 atom stereocenters. The van der Waals surface area contributed by atoms with Gasteiger partial charge in [-0.2, -0.15) is 0 Å². The molecule has 1 aliphatic rings. The molecule has 2 unspecified atom stereocenters. The molecule has 0 amide bonds. The third-order valence-corrected chi connectivity index (χ3v) is 1.33. The lowest BCUT2D eigenvalue weighted by Gasteiger charge is -2.13. The van der Waals surface area contributed by atoms with E-state index in [1.807, 2.05) is 0 Å². The van der Waals surface area contributed by atoms with Gasteiger partial charge in [-0.1, -0.05) is 0 Å². The fourth-order valence-corrected chi connectivity index (χ4v) is 0.833. The maximum Gasteiger partial charge on any atom is 0.186 e. The van der Waals surface area contributed by atoms with E-state index in [-0.39, 0.29) is 0 Å². The van der Waals surface area contributed by atoms with Crippen LogP contribution in [0.2, 0.25) is 0 Å². The van der Waals surface area contributed by atoms with Crippen LogP contribution in [0.15, 0.2) is 23.6 Å². The van der Waals surface area contributed by atoms with Gasteiger partial charge in [0.15, 0.2) is 12.3 Å². The van der Waals surface area contributed by atoms with Crippen LogP contribution in [0.4, 0.5) is 13.2 Å². The van der Waals surface area contributed by atoms with E-state index >= 15 is 0 Å². The number of alkyl halides is 2. The van der Waals surface area contributed by atoms with Crippen molar-refractivity contribution in [3.63, 3.8) is 0 Å². The molecule has 0 nitrogen and oxygen atoms in total. The number of hydrogen-bond acceptors (Lipinski definition) is 0. The number of halogens is 3. The van der Waals surface area contributed by atoms with Gasteiger partial charge >= 0.3 is 0 Å². The van der Waals surface area contributed by atoms with E-state index in [2.05, 4.69) is 0 Å². The highest BCUT2D eigenvalue weighted by molar-refractivity contribution is 5.28. The average molecular weight is 148 g/mol. The summed E-state index contributed by atoms with van der Waals surface area (Å²) < 4.78 is 36.9. The molecule has 0 aromatic carbocycles. The van der Waals surface area contributed by atoms with Gasteiger partial charge < -0.3 is 0 Å². The molecule has 0 aliphatic heterocycles. The quantitative estimate of drug-likeness (QED) is 0.495. The molecule has 1 rings (SSSR count). The normalized spacial score (nSPS) is 33.2. The minimum absolute atomic E-state index is 0.430. The molecule has 0 aromatic rings. The van der Waals surface area contributed by atoms with Crippen LogP contribution < -0.4 is 0 Å². The maximum atomic E-state index is 12.3. The van der Waals surface area contributed by atoms with E-state index in [1.54, 1.807) is 0 Å². The van der Waals surface area contributed by atoms with Crippen molar-refractivity contribution in [3.05, 3.63) is 23.6 Å². The number of hydrogen-bond donors (Lipinski definition) is 0. The maximum absolute atomic E-state index is 12.3. The van der Waals surface area contributed by atoms with Gasteiger partial charge in [0.1, 0.15) is 5.83 Å². The Bertz CT molecular complexity index is 193. The molecule has 0 fully saturated rings. The van der Waals surface area contributed by atoms with Crippen LogP contribution in [0, 0.1) is 0 Å². The van der Waals surface area contributed by atoms with Crippen LogP contribution in [0.5, 0.6) is 0 Å². The van der Waals surface area contributed by atoms with E-state index in [1.165, 1.54) is 6.92 Å². The minimum Gasteiger partial charge on any atom is -0.239 e. The van der Waals surface area contributed by atoms with Gasteiger partial charge in [0.05, 0.1) is 0 Å². The van der Waals surface area contributed by atoms with E-state index in [0.29, 0.717) is 5.57 Å². The lowest BCUT2D eigenvalue weighted by Crippen LogP contribution is -2.18. The van der Waals surface area contributed by atoms with Crippen molar-refractivity contribution in [2.24, 2.45) is 0 Å². The smallest absolute Gasteiger partial charge is 0.186 e. The molecule has 0 N–H and O–H groups in total. The molecule has 3 heteroatoms. The molecular weight excluding hydrogens is 141 g/mol. The molecule has 0 bridgehead atoms. The minimum atomic E-state index is -2.09.